The van der Waals surface area contributed by atoms with Crippen molar-refractivity contribution >= 4 is 35.4 Å². The van der Waals surface area contributed by atoms with E-state index in [-0.39, 0.29) is 144 Å². The lowest BCUT2D eigenvalue weighted by molar-refractivity contribution is -0.375. The summed E-state index contributed by atoms with van der Waals surface area (Å²) in [5.74, 6) is -2.69. The molecule has 0 atom stereocenters. The fraction of sp³-hybridized carbons (Fsp3) is 0.742. The van der Waals surface area contributed by atoms with Crippen LogP contribution in [0.4, 0.5) is 0 Å². The minimum absolute atomic E-state index is 0.0125. The molecule has 308 valence electrons. The van der Waals surface area contributed by atoms with Gasteiger partial charge in [-0.15, -0.1) is 5.06 Å². The van der Waals surface area contributed by atoms with E-state index >= 15 is 0 Å². The molecule has 0 aromatic carbocycles. The quantitative estimate of drug-likeness (QED) is 0.0327. The van der Waals surface area contributed by atoms with Gasteiger partial charge in [0.2, 0.25) is 0 Å². The average Bonchev–Trinajstić information content (AvgIpc) is 3.66. The first-order chi connectivity index (χ1) is 26.4. The summed E-state index contributed by atoms with van der Waals surface area (Å²) in [7, 11) is 0. The van der Waals surface area contributed by atoms with Crippen molar-refractivity contribution < 1.29 is 102 Å². The van der Waals surface area contributed by atoms with Gasteiger partial charge in [-0.3, -0.25) is 28.9 Å². The third-order valence-electron chi connectivity index (χ3n) is 6.28. The van der Waals surface area contributed by atoms with Crippen LogP contribution in [0.2, 0.25) is 0 Å². The second kappa shape index (κ2) is 31.9. The van der Waals surface area contributed by atoms with Crippen LogP contribution >= 0.6 is 0 Å². The van der Waals surface area contributed by atoms with Gasteiger partial charge in [0, 0.05) is 51.0 Å². The van der Waals surface area contributed by atoms with E-state index in [1.54, 1.807) is 0 Å². The number of ketones is 1. The third-order valence-corrected chi connectivity index (χ3v) is 6.28. The molecular weight excluding hydrogens is 736 g/mol. The number of imide groups is 2. The smallest absolute Gasteiger partial charge is 0.335 e. The molecule has 0 saturated carbocycles. The van der Waals surface area contributed by atoms with Crippen LogP contribution in [0, 0.1) is 0 Å². The van der Waals surface area contributed by atoms with Crippen molar-refractivity contribution in [3.05, 3.63) is 12.2 Å². The molecule has 0 spiro atoms. The predicted octanol–water partition coefficient (Wildman–Crippen LogP) is -0.629. The van der Waals surface area contributed by atoms with Gasteiger partial charge in [-0.05, 0) is 6.42 Å². The van der Waals surface area contributed by atoms with Gasteiger partial charge in [0.15, 0.2) is 0 Å². The van der Waals surface area contributed by atoms with Crippen LogP contribution < -0.4 is 0 Å². The molecule has 0 aromatic heterocycles. The van der Waals surface area contributed by atoms with Gasteiger partial charge in [0.05, 0.1) is 26.2 Å². The molecule has 2 heterocycles. The number of hydrogen-bond acceptors (Lipinski definition) is 21. The van der Waals surface area contributed by atoms with Gasteiger partial charge in [0.1, 0.15) is 85.1 Å². The van der Waals surface area contributed by atoms with Gasteiger partial charge in [-0.2, -0.15) is 0 Å². The molecule has 1 fully saturated rings. The molecule has 0 unspecified atom stereocenters. The van der Waals surface area contributed by atoms with E-state index in [0.29, 0.717) is 18.1 Å². The van der Waals surface area contributed by atoms with Gasteiger partial charge >= 0.3 is 5.97 Å². The van der Waals surface area contributed by atoms with Crippen LogP contribution in [0.1, 0.15) is 38.5 Å². The minimum Gasteiger partial charge on any atom is -0.379 e. The van der Waals surface area contributed by atoms with Crippen molar-refractivity contribution in [2.75, 3.05) is 112 Å². The maximum atomic E-state index is 11.9. The summed E-state index contributed by atoms with van der Waals surface area (Å²) in [4.78, 5) is 133. The Hall–Kier alpha value is -3.40. The lowest BCUT2D eigenvalue weighted by Gasteiger charge is -2.12. The molecule has 0 bridgehead atoms. The Bertz CT molecular complexity index is 1090. The third kappa shape index (κ3) is 24.1. The second-order valence-corrected chi connectivity index (χ2v) is 10.4. The Balaban J connectivity index is 1.16. The van der Waals surface area contributed by atoms with Crippen molar-refractivity contribution in [3.8, 4) is 0 Å². The number of ether oxygens (including phenoxy) is 2. The van der Waals surface area contributed by atoms with E-state index in [4.69, 9.17) is 73.0 Å². The maximum absolute atomic E-state index is 11.9. The van der Waals surface area contributed by atoms with E-state index in [1.807, 2.05) is 0 Å². The molecule has 23 nitrogen and oxygen atoms in total. The molecular formula is C31H48N2O21. The highest BCUT2D eigenvalue weighted by Gasteiger charge is 2.32. The van der Waals surface area contributed by atoms with Gasteiger partial charge in [-0.1, -0.05) is 0 Å². The van der Waals surface area contributed by atoms with Crippen molar-refractivity contribution in [2.24, 2.45) is 0 Å². The zero-order valence-electron chi connectivity index (χ0n) is 29.9. The van der Waals surface area contributed by atoms with Crippen LogP contribution in [0.5, 0.6) is 0 Å². The number of hydrogen-bond donors (Lipinski definition) is 0. The standard InChI is InChI=1S/C31H48N2O21/c34-26(7-9-32-27(35)3-4-28(32)36)2-1-10-40-12-14-42-44-16-18-46-48-20-22-50-52-24-25-53-51-23-21-49-47-19-17-45-43-15-13-41-11-8-31(39)54-33-29(37)5-6-30(33)38/h3-4H,1-2,5-25H2. The van der Waals surface area contributed by atoms with Crippen LogP contribution in [0.25, 0.3) is 0 Å². The first-order valence-electron chi connectivity index (χ1n) is 17.1. The molecule has 2 aliphatic heterocycles. The predicted molar refractivity (Wildman–Crippen MR) is 170 cm³/mol. The number of amides is 4. The van der Waals surface area contributed by atoms with E-state index in [1.165, 1.54) is 12.2 Å². The number of carbonyl (C=O) groups is 6. The molecule has 0 aliphatic carbocycles. The Morgan fingerprint density at radius 3 is 1.24 bits per heavy atom. The van der Waals surface area contributed by atoms with Gasteiger partial charge < -0.3 is 14.3 Å². The van der Waals surface area contributed by atoms with Crippen molar-refractivity contribution in [2.45, 2.75) is 38.5 Å². The van der Waals surface area contributed by atoms with E-state index in [0.717, 1.165) is 4.90 Å². The first kappa shape index (κ1) is 46.8. The topological polar surface area (TPSA) is 247 Å². The van der Waals surface area contributed by atoms with Gasteiger partial charge in [0.25, 0.3) is 23.6 Å². The van der Waals surface area contributed by atoms with Crippen molar-refractivity contribution in [1.82, 2.24) is 9.96 Å². The summed E-state index contributed by atoms with van der Waals surface area (Å²) in [5, 5.41) is 0.480. The molecule has 2 aliphatic rings. The Kier molecular flexibility index (Phi) is 27.6. The highest BCUT2D eigenvalue weighted by Crippen LogP contribution is 2.12. The number of carbonyl (C=O) groups excluding carboxylic acids is 6. The number of rotatable bonds is 38. The summed E-state index contributed by atoms with van der Waals surface area (Å²) in [6.07, 6.45) is 3.21. The molecule has 23 heteroatoms. The van der Waals surface area contributed by atoms with Crippen molar-refractivity contribution in [3.63, 3.8) is 0 Å². The molecule has 0 N–H and O–H groups in total. The number of nitrogens with zero attached hydrogens (tertiary/aromatic N) is 2. The van der Waals surface area contributed by atoms with E-state index in [9.17, 15) is 28.8 Å². The molecule has 4 amide bonds. The second-order valence-electron chi connectivity index (χ2n) is 10.4. The van der Waals surface area contributed by atoms with Gasteiger partial charge in [-0.25, -0.2) is 63.4 Å². The zero-order chi connectivity index (χ0) is 38.9. The van der Waals surface area contributed by atoms with E-state index in [2.05, 4.69) is 0 Å². The van der Waals surface area contributed by atoms with Crippen LogP contribution in [-0.4, -0.2) is 158 Å². The number of hydroxylamine groups is 2. The fourth-order valence-electron chi connectivity index (χ4n) is 3.78. The maximum Gasteiger partial charge on any atom is 0.335 e. The van der Waals surface area contributed by atoms with Crippen LogP contribution in [0.3, 0.4) is 0 Å². The largest absolute Gasteiger partial charge is 0.379 e. The SMILES string of the molecule is O=C(CCCOCCOOCCOOCCOOCCOOCCOOCCOOCCOCCC(=O)ON1C(=O)CCC1=O)CCN1C(=O)C=CC1=O. The summed E-state index contributed by atoms with van der Waals surface area (Å²) >= 11 is 0. The lowest BCUT2D eigenvalue weighted by Crippen LogP contribution is -2.32. The Morgan fingerprint density at radius 2 is 0.833 bits per heavy atom. The summed E-state index contributed by atoms with van der Waals surface area (Å²) < 4.78 is 10.5. The molecule has 0 radical (unpaired) electrons. The highest BCUT2D eigenvalue weighted by molar-refractivity contribution is 6.13. The monoisotopic (exact) mass is 784 g/mol. The average molecular weight is 785 g/mol. The van der Waals surface area contributed by atoms with Crippen molar-refractivity contribution in [1.29, 1.82) is 0 Å². The lowest BCUT2D eigenvalue weighted by atomic mass is 10.1. The highest BCUT2D eigenvalue weighted by atomic mass is 17.2. The first-order valence-corrected chi connectivity index (χ1v) is 17.1. The molecule has 2 rings (SSSR count). The minimum atomic E-state index is -0.753. The number of Topliss-reactive ketones (excluding diaryl/α,β-unsaturated/α-hetero) is 1. The summed E-state index contributed by atoms with van der Waals surface area (Å²) in [6, 6.07) is 0. The van der Waals surface area contributed by atoms with E-state index < -0.39 is 29.6 Å². The molecule has 54 heavy (non-hydrogen) atoms. The normalized spacial score (nSPS) is 14.3. The fourth-order valence-corrected chi connectivity index (χ4v) is 3.78. The Labute approximate surface area is 310 Å². The summed E-state index contributed by atoms with van der Waals surface area (Å²) in [5.41, 5.74) is 0. The molecule has 1 saturated heterocycles. The molecule has 0 aromatic rings. The van der Waals surface area contributed by atoms with Crippen LogP contribution in [0.15, 0.2) is 12.2 Å². The Morgan fingerprint density at radius 1 is 0.463 bits per heavy atom. The zero-order valence-corrected chi connectivity index (χ0v) is 29.9. The van der Waals surface area contributed by atoms with Crippen LogP contribution in [-0.2, 0) is 102 Å². The summed E-state index contributed by atoms with van der Waals surface area (Å²) in [6.45, 7) is 2.02.